The number of hydrogen-bond donors (Lipinski definition) is 2. The minimum absolute atomic E-state index is 1.10. The van der Waals surface area contributed by atoms with Gasteiger partial charge in [0, 0.05) is 22.7 Å². The highest BCUT2D eigenvalue weighted by atomic mass is 14.9. The van der Waals surface area contributed by atoms with Crippen molar-refractivity contribution >= 4 is 22.7 Å². The maximum atomic E-state index is 3.49. The van der Waals surface area contributed by atoms with Crippen molar-refractivity contribution in [1.29, 1.82) is 0 Å². The second-order valence-electron chi connectivity index (χ2n) is 7.04. The van der Waals surface area contributed by atoms with Crippen LogP contribution in [-0.2, 0) is 0 Å². The van der Waals surface area contributed by atoms with Gasteiger partial charge in [0.15, 0.2) is 0 Å². The van der Waals surface area contributed by atoms with E-state index in [0.717, 1.165) is 22.7 Å². The molecule has 0 spiro atoms. The van der Waals surface area contributed by atoms with Gasteiger partial charge in [-0.2, -0.15) is 0 Å². The van der Waals surface area contributed by atoms with Gasteiger partial charge in [0.2, 0.25) is 0 Å². The molecule has 4 aromatic carbocycles. The monoisotopic (exact) mass is 364 g/mol. The van der Waals surface area contributed by atoms with Crippen molar-refractivity contribution < 1.29 is 0 Å². The summed E-state index contributed by atoms with van der Waals surface area (Å²) in [5, 5.41) is 6.98. The SMILES string of the molecule is Cc1cc(-c2ccc(Nc3ccccc3)c(C)c2)ccc1Nc1ccccc1. The summed E-state index contributed by atoms with van der Waals surface area (Å²) < 4.78 is 0. The van der Waals surface area contributed by atoms with Gasteiger partial charge in [-0.1, -0.05) is 48.5 Å². The lowest BCUT2D eigenvalue weighted by atomic mass is 9.99. The molecule has 0 heterocycles. The lowest BCUT2D eigenvalue weighted by Gasteiger charge is -2.14. The Morgan fingerprint density at radius 1 is 0.464 bits per heavy atom. The Balaban J connectivity index is 1.55. The second-order valence-corrected chi connectivity index (χ2v) is 7.04. The highest BCUT2D eigenvalue weighted by Gasteiger charge is 2.06. The van der Waals surface area contributed by atoms with E-state index in [2.05, 4.69) is 85.1 Å². The van der Waals surface area contributed by atoms with E-state index in [4.69, 9.17) is 0 Å². The predicted octanol–water partition coefficient (Wildman–Crippen LogP) is 7.46. The Labute approximate surface area is 166 Å². The maximum Gasteiger partial charge on any atom is 0.0414 e. The quantitative estimate of drug-likeness (QED) is 0.384. The zero-order chi connectivity index (χ0) is 19.3. The summed E-state index contributed by atoms with van der Waals surface area (Å²) in [7, 11) is 0. The van der Waals surface area contributed by atoms with E-state index >= 15 is 0 Å². The van der Waals surface area contributed by atoms with Crippen LogP contribution in [0.4, 0.5) is 22.7 Å². The Morgan fingerprint density at radius 2 is 0.857 bits per heavy atom. The Hall–Kier alpha value is -3.52. The van der Waals surface area contributed by atoms with E-state index < -0.39 is 0 Å². The molecule has 0 aromatic heterocycles. The molecule has 138 valence electrons. The van der Waals surface area contributed by atoms with Gasteiger partial charge < -0.3 is 10.6 Å². The van der Waals surface area contributed by atoms with Crippen molar-refractivity contribution in [3.05, 3.63) is 108 Å². The van der Waals surface area contributed by atoms with E-state index in [1.165, 1.54) is 22.3 Å². The molecule has 0 amide bonds. The summed E-state index contributed by atoms with van der Waals surface area (Å²) in [5.41, 5.74) is 9.38. The summed E-state index contributed by atoms with van der Waals surface area (Å²) in [4.78, 5) is 0. The third kappa shape index (κ3) is 4.07. The molecular formula is C26H24N2. The molecule has 0 bridgehead atoms. The molecular weight excluding hydrogens is 340 g/mol. The van der Waals surface area contributed by atoms with Gasteiger partial charge in [0.1, 0.15) is 0 Å². The van der Waals surface area contributed by atoms with Crippen LogP contribution in [-0.4, -0.2) is 0 Å². The van der Waals surface area contributed by atoms with Gasteiger partial charge in [0.05, 0.1) is 0 Å². The fourth-order valence-electron chi connectivity index (χ4n) is 3.32. The number of nitrogens with one attached hydrogen (secondary N) is 2. The summed E-state index contributed by atoms with van der Waals surface area (Å²) in [5.74, 6) is 0. The van der Waals surface area contributed by atoms with E-state index in [1.54, 1.807) is 0 Å². The molecule has 0 radical (unpaired) electrons. The molecule has 0 saturated carbocycles. The lowest BCUT2D eigenvalue weighted by molar-refractivity contribution is 1.41. The normalized spacial score (nSPS) is 10.5. The van der Waals surface area contributed by atoms with Gasteiger partial charge in [-0.3, -0.25) is 0 Å². The fraction of sp³-hybridized carbons (Fsp3) is 0.0769. The maximum absolute atomic E-state index is 3.49. The van der Waals surface area contributed by atoms with Gasteiger partial charge in [0.25, 0.3) is 0 Å². The van der Waals surface area contributed by atoms with Crippen molar-refractivity contribution in [1.82, 2.24) is 0 Å². The highest BCUT2D eigenvalue weighted by molar-refractivity contribution is 5.74. The minimum atomic E-state index is 1.10. The van der Waals surface area contributed by atoms with Crippen molar-refractivity contribution in [3.8, 4) is 11.1 Å². The van der Waals surface area contributed by atoms with Crippen molar-refractivity contribution in [2.24, 2.45) is 0 Å². The van der Waals surface area contributed by atoms with E-state index in [1.807, 2.05) is 36.4 Å². The number of rotatable bonds is 5. The first-order valence-electron chi connectivity index (χ1n) is 9.55. The highest BCUT2D eigenvalue weighted by Crippen LogP contribution is 2.30. The second kappa shape index (κ2) is 8.01. The molecule has 28 heavy (non-hydrogen) atoms. The molecule has 0 saturated heterocycles. The lowest BCUT2D eigenvalue weighted by Crippen LogP contribution is -1.95. The van der Waals surface area contributed by atoms with E-state index in [0.29, 0.717) is 0 Å². The molecule has 0 fully saturated rings. The van der Waals surface area contributed by atoms with Gasteiger partial charge in [-0.15, -0.1) is 0 Å². The van der Waals surface area contributed by atoms with Crippen LogP contribution < -0.4 is 10.6 Å². The Bertz CT molecular complexity index is 981. The summed E-state index contributed by atoms with van der Waals surface area (Å²) in [6.07, 6.45) is 0. The first kappa shape index (κ1) is 17.9. The fourth-order valence-corrected chi connectivity index (χ4v) is 3.32. The zero-order valence-corrected chi connectivity index (χ0v) is 16.2. The van der Waals surface area contributed by atoms with Crippen LogP contribution in [0.5, 0.6) is 0 Å². The molecule has 4 aromatic rings. The van der Waals surface area contributed by atoms with Crippen LogP contribution in [0, 0.1) is 13.8 Å². The van der Waals surface area contributed by atoms with Crippen molar-refractivity contribution in [2.75, 3.05) is 10.6 Å². The zero-order valence-electron chi connectivity index (χ0n) is 16.2. The number of hydrogen-bond acceptors (Lipinski definition) is 2. The van der Waals surface area contributed by atoms with Crippen LogP contribution in [0.25, 0.3) is 11.1 Å². The molecule has 0 aliphatic heterocycles. The molecule has 0 aliphatic rings. The summed E-state index contributed by atoms with van der Waals surface area (Å²) >= 11 is 0. The van der Waals surface area contributed by atoms with E-state index in [9.17, 15) is 0 Å². The number of anilines is 4. The van der Waals surface area contributed by atoms with Crippen LogP contribution in [0.2, 0.25) is 0 Å². The van der Waals surface area contributed by atoms with Crippen molar-refractivity contribution in [2.45, 2.75) is 13.8 Å². The first-order valence-corrected chi connectivity index (χ1v) is 9.55. The molecule has 4 rings (SSSR count). The third-order valence-electron chi connectivity index (χ3n) is 4.89. The van der Waals surface area contributed by atoms with Crippen LogP contribution >= 0.6 is 0 Å². The Morgan fingerprint density at radius 3 is 1.21 bits per heavy atom. The Kier molecular flexibility index (Phi) is 5.11. The van der Waals surface area contributed by atoms with Crippen LogP contribution in [0.15, 0.2) is 97.1 Å². The van der Waals surface area contributed by atoms with Gasteiger partial charge in [-0.05, 0) is 84.6 Å². The van der Waals surface area contributed by atoms with Crippen molar-refractivity contribution in [3.63, 3.8) is 0 Å². The molecule has 0 aliphatic carbocycles. The number of aryl methyl sites for hydroxylation is 2. The molecule has 2 N–H and O–H groups in total. The smallest absolute Gasteiger partial charge is 0.0414 e. The van der Waals surface area contributed by atoms with Crippen LogP contribution in [0.1, 0.15) is 11.1 Å². The van der Waals surface area contributed by atoms with Gasteiger partial charge >= 0.3 is 0 Å². The number of benzene rings is 4. The average Bonchev–Trinajstić information content (AvgIpc) is 2.72. The van der Waals surface area contributed by atoms with E-state index in [-0.39, 0.29) is 0 Å². The summed E-state index contributed by atoms with van der Waals surface area (Å²) in [6, 6.07) is 33.7. The topological polar surface area (TPSA) is 24.1 Å². The average molecular weight is 364 g/mol. The predicted molar refractivity (Wildman–Crippen MR) is 121 cm³/mol. The standard InChI is InChI=1S/C26H24N2/c1-19-17-21(13-15-25(19)27-23-9-5-3-6-10-23)22-14-16-26(20(2)18-22)28-24-11-7-4-8-12-24/h3-18,27-28H,1-2H3. The van der Waals surface area contributed by atoms with Crippen LogP contribution in [0.3, 0.4) is 0 Å². The third-order valence-corrected chi connectivity index (χ3v) is 4.89. The molecule has 0 unspecified atom stereocenters. The summed E-state index contributed by atoms with van der Waals surface area (Å²) in [6.45, 7) is 4.29. The largest absolute Gasteiger partial charge is 0.355 e. The molecule has 2 heteroatoms. The number of para-hydroxylation sites is 2. The molecule has 0 atom stereocenters. The van der Waals surface area contributed by atoms with Gasteiger partial charge in [-0.25, -0.2) is 0 Å². The molecule has 2 nitrogen and oxygen atoms in total. The first-order chi connectivity index (χ1) is 13.7. The minimum Gasteiger partial charge on any atom is -0.355 e.